The highest BCUT2D eigenvalue weighted by Gasteiger charge is 2.18. The summed E-state index contributed by atoms with van der Waals surface area (Å²) >= 11 is 0. The molecule has 84 valence electrons. The van der Waals surface area contributed by atoms with E-state index >= 15 is 0 Å². The predicted molar refractivity (Wildman–Crippen MR) is 59.5 cm³/mol. The highest BCUT2D eigenvalue weighted by Crippen LogP contribution is 2.20. The first-order chi connectivity index (χ1) is 7.83. The van der Waals surface area contributed by atoms with Crippen LogP contribution in [0.25, 0.3) is 5.52 Å². The number of aromatic hydroxyl groups is 1. The maximum atomic E-state index is 9.46. The number of nitrogens with zero attached hydrogens (tertiary/aromatic N) is 2. The van der Waals surface area contributed by atoms with Crippen LogP contribution in [0.15, 0.2) is 24.5 Å². The molecule has 0 spiro atoms. The Kier molecular flexibility index (Phi) is 2.29. The summed E-state index contributed by atoms with van der Waals surface area (Å²) in [5.74, 6) is 1.84. The molecule has 0 radical (unpaired) electrons. The summed E-state index contributed by atoms with van der Waals surface area (Å²) in [5.41, 5.74) is 1.02. The van der Waals surface area contributed by atoms with E-state index in [1.165, 1.54) is 0 Å². The molecule has 2 aromatic heterocycles. The van der Waals surface area contributed by atoms with E-state index in [1.807, 2.05) is 16.7 Å². The van der Waals surface area contributed by atoms with E-state index in [0.717, 1.165) is 37.4 Å². The van der Waals surface area contributed by atoms with E-state index in [2.05, 4.69) is 4.98 Å². The van der Waals surface area contributed by atoms with Gasteiger partial charge < -0.3 is 14.2 Å². The molecule has 0 aliphatic carbocycles. The average molecular weight is 218 g/mol. The van der Waals surface area contributed by atoms with Crippen LogP contribution >= 0.6 is 0 Å². The van der Waals surface area contributed by atoms with Gasteiger partial charge in [-0.05, 0) is 24.5 Å². The van der Waals surface area contributed by atoms with Crippen molar-refractivity contribution in [3.05, 3.63) is 30.4 Å². The van der Waals surface area contributed by atoms with E-state index in [0.29, 0.717) is 5.92 Å². The van der Waals surface area contributed by atoms with Gasteiger partial charge in [-0.15, -0.1) is 0 Å². The first-order valence-corrected chi connectivity index (χ1v) is 5.55. The Bertz CT molecular complexity index is 501. The second-order valence-corrected chi connectivity index (χ2v) is 4.29. The number of hydrogen-bond donors (Lipinski definition) is 1. The van der Waals surface area contributed by atoms with Crippen molar-refractivity contribution in [3.63, 3.8) is 0 Å². The SMILES string of the molecule is Oc1ccc2cnc(CC3CCOC3)n2c1. The average Bonchev–Trinajstić information content (AvgIpc) is 2.90. The van der Waals surface area contributed by atoms with Crippen LogP contribution in [0.3, 0.4) is 0 Å². The summed E-state index contributed by atoms with van der Waals surface area (Å²) in [7, 11) is 0. The van der Waals surface area contributed by atoms with Gasteiger partial charge >= 0.3 is 0 Å². The highest BCUT2D eigenvalue weighted by atomic mass is 16.5. The molecule has 4 heteroatoms. The van der Waals surface area contributed by atoms with Gasteiger partial charge in [0.1, 0.15) is 11.6 Å². The molecule has 0 aromatic carbocycles. The molecule has 1 aliphatic heterocycles. The Balaban J connectivity index is 1.93. The van der Waals surface area contributed by atoms with E-state index in [4.69, 9.17) is 4.74 Å². The third-order valence-electron chi connectivity index (χ3n) is 3.08. The smallest absolute Gasteiger partial charge is 0.132 e. The monoisotopic (exact) mass is 218 g/mol. The molecule has 1 unspecified atom stereocenters. The lowest BCUT2D eigenvalue weighted by molar-refractivity contribution is 0.185. The summed E-state index contributed by atoms with van der Waals surface area (Å²) in [6, 6.07) is 3.55. The van der Waals surface area contributed by atoms with Gasteiger partial charge in [0.05, 0.1) is 17.9 Å². The molecule has 0 saturated carbocycles. The summed E-state index contributed by atoms with van der Waals surface area (Å²) in [4.78, 5) is 4.40. The molecule has 2 aromatic rings. The van der Waals surface area contributed by atoms with Gasteiger partial charge in [-0.3, -0.25) is 0 Å². The first kappa shape index (κ1) is 9.66. The molecule has 0 amide bonds. The van der Waals surface area contributed by atoms with Crippen molar-refractivity contribution in [1.29, 1.82) is 0 Å². The number of aromatic nitrogens is 2. The second-order valence-electron chi connectivity index (χ2n) is 4.29. The van der Waals surface area contributed by atoms with Crippen molar-refractivity contribution in [2.24, 2.45) is 5.92 Å². The quantitative estimate of drug-likeness (QED) is 0.833. The summed E-state index contributed by atoms with van der Waals surface area (Å²) < 4.78 is 7.31. The summed E-state index contributed by atoms with van der Waals surface area (Å²) in [6.07, 6.45) is 5.57. The third-order valence-corrected chi connectivity index (χ3v) is 3.08. The van der Waals surface area contributed by atoms with E-state index in [-0.39, 0.29) is 5.75 Å². The van der Waals surface area contributed by atoms with Crippen molar-refractivity contribution < 1.29 is 9.84 Å². The Hall–Kier alpha value is -1.55. The van der Waals surface area contributed by atoms with Crippen molar-refractivity contribution >= 4 is 5.52 Å². The van der Waals surface area contributed by atoms with Gasteiger partial charge in [0.2, 0.25) is 0 Å². The van der Waals surface area contributed by atoms with Crippen LogP contribution in [-0.2, 0) is 11.2 Å². The first-order valence-electron chi connectivity index (χ1n) is 5.55. The van der Waals surface area contributed by atoms with Crippen LogP contribution < -0.4 is 0 Å². The van der Waals surface area contributed by atoms with Gasteiger partial charge in [-0.2, -0.15) is 0 Å². The summed E-state index contributed by atoms with van der Waals surface area (Å²) in [5, 5.41) is 9.46. The molecule has 1 N–H and O–H groups in total. The normalized spacial score (nSPS) is 20.6. The van der Waals surface area contributed by atoms with Crippen molar-refractivity contribution in [3.8, 4) is 5.75 Å². The third kappa shape index (κ3) is 1.65. The number of pyridine rings is 1. The zero-order valence-electron chi connectivity index (χ0n) is 8.97. The fraction of sp³-hybridized carbons (Fsp3) is 0.417. The fourth-order valence-electron chi connectivity index (χ4n) is 2.19. The van der Waals surface area contributed by atoms with Crippen LogP contribution in [0.1, 0.15) is 12.2 Å². The minimum Gasteiger partial charge on any atom is -0.506 e. The Morgan fingerprint density at radius 1 is 1.50 bits per heavy atom. The Labute approximate surface area is 93.5 Å². The molecule has 1 saturated heterocycles. The van der Waals surface area contributed by atoms with Gasteiger partial charge in [-0.1, -0.05) is 0 Å². The number of imidazole rings is 1. The Morgan fingerprint density at radius 3 is 3.25 bits per heavy atom. The van der Waals surface area contributed by atoms with Crippen LogP contribution in [0, 0.1) is 5.92 Å². The van der Waals surface area contributed by atoms with Gasteiger partial charge in [0.15, 0.2) is 0 Å². The molecule has 1 aliphatic rings. The Morgan fingerprint density at radius 2 is 2.44 bits per heavy atom. The molecule has 16 heavy (non-hydrogen) atoms. The van der Waals surface area contributed by atoms with Gasteiger partial charge in [-0.25, -0.2) is 4.98 Å². The fourth-order valence-corrected chi connectivity index (χ4v) is 2.19. The number of fused-ring (bicyclic) bond motifs is 1. The maximum Gasteiger partial charge on any atom is 0.132 e. The molecule has 3 heterocycles. The molecule has 4 nitrogen and oxygen atoms in total. The van der Waals surface area contributed by atoms with E-state index < -0.39 is 0 Å². The molecular weight excluding hydrogens is 204 g/mol. The van der Waals surface area contributed by atoms with Crippen LogP contribution in [0.4, 0.5) is 0 Å². The van der Waals surface area contributed by atoms with Crippen molar-refractivity contribution in [2.75, 3.05) is 13.2 Å². The zero-order valence-corrected chi connectivity index (χ0v) is 8.97. The molecule has 3 rings (SSSR count). The van der Waals surface area contributed by atoms with Crippen LogP contribution in [0.5, 0.6) is 5.75 Å². The lowest BCUT2D eigenvalue weighted by Gasteiger charge is -2.06. The van der Waals surface area contributed by atoms with Gasteiger partial charge in [0.25, 0.3) is 0 Å². The molecular formula is C12H14N2O2. The molecule has 1 atom stereocenters. The van der Waals surface area contributed by atoms with Crippen LogP contribution in [0.2, 0.25) is 0 Å². The minimum atomic E-state index is 0.273. The molecule has 1 fully saturated rings. The summed E-state index contributed by atoms with van der Waals surface area (Å²) in [6.45, 7) is 1.69. The van der Waals surface area contributed by atoms with Gasteiger partial charge in [0, 0.05) is 19.6 Å². The number of hydrogen-bond acceptors (Lipinski definition) is 3. The van der Waals surface area contributed by atoms with Crippen LogP contribution in [-0.4, -0.2) is 27.7 Å². The van der Waals surface area contributed by atoms with E-state index in [9.17, 15) is 5.11 Å². The van der Waals surface area contributed by atoms with Crippen molar-refractivity contribution in [2.45, 2.75) is 12.8 Å². The van der Waals surface area contributed by atoms with Crippen molar-refractivity contribution in [1.82, 2.24) is 9.38 Å². The second kappa shape index (κ2) is 3.79. The molecule has 0 bridgehead atoms. The predicted octanol–water partition coefficient (Wildman–Crippen LogP) is 1.62. The zero-order chi connectivity index (χ0) is 11.0. The topological polar surface area (TPSA) is 46.8 Å². The lowest BCUT2D eigenvalue weighted by Crippen LogP contribution is -2.06. The lowest BCUT2D eigenvalue weighted by atomic mass is 10.1. The maximum absolute atomic E-state index is 9.46. The largest absolute Gasteiger partial charge is 0.506 e. The number of ether oxygens (including phenoxy) is 1. The van der Waals surface area contributed by atoms with E-state index in [1.54, 1.807) is 12.3 Å². The highest BCUT2D eigenvalue weighted by molar-refractivity contribution is 5.48. The minimum absolute atomic E-state index is 0.273. The number of rotatable bonds is 2. The standard InChI is InChI=1S/C12H14N2O2/c15-11-2-1-10-6-13-12(14(10)7-11)5-9-3-4-16-8-9/h1-2,6-7,9,15H,3-5,8H2.